The van der Waals surface area contributed by atoms with Crippen molar-refractivity contribution in [1.29, 1.82) is 0 Å². The Balaban J connectivity index is 2.26. The molecule has 2 rings (SSSR count). The standard InChI is InChI=1S/C27H36F3N3O4S2/c1-17(2)16-23(26(35)33-22(14-15-38-5)25(34)31-3)32-24(27(28,29)30)20-8-6-18(7-9-20)19-10-12-21(13-11-19)39-37-36-4/h6-13,17,22-24,32H,14-16H2,1-5H3,(H,31,34)(H,33,35)/t22-,23-,24-/m0/s1. The molecule has 0 aromatic heterocycles. The van der Waals surface area contributed by atoms with Crippen LogP contribution in [0.25, 0.3) is 11.1 Å². The number of thioether (sulfide) groups is 1. The highest BCUT2D eigenvalue weighted by Crippen LogP contribution is 2.35. The summed E-state index contributed by atoms with van der Waals surface area (Å²) in [5, 5.41) is 7.70. The van der Waals surface area contributed by atoms with E-state index in [9.17, 15) is 22.8 Å². The van der Waals surface area contributed by atoms with Gasteiger partial charge in [-0.2, -0.15) is 29.3 Å². The molecule has 3 atom stereocenters. The first-order chi connectivity index (χ1) is 18.5. The number of nitrogens with one attached hydrogen (secondary N) is 3. The molecule has 0 bridgehead atoms. The van der Waals surface area contributed by atoms with Gasteiger partial charge < -0.3 is 10.6 Å². The van der Waals surface area contributed by atoms with E-state index in [1.165, 1.54) is 38.1 Å². The van der Waals surface area contributed by atoms with Gasteiger partial charge in [0, 0.05) is 11.9 Å². The Labute approximate surface area is 236 Å². The molecule has 7 nitrogen and oxygen atoms in total. The lowest BCUT2D eigenvalue weighted by molar-refractivity contribution is -0.161. The van der Waals surface area contributed by atoms with Gasteiger partial charge in [-0.05, 0) is 59.6 Å². The molecule has 0 fully saturated rings. The molecule has 0 saturated carbocycles. The molecule has 0 radical (unpaired) electrons. The molecule has 12 heteroatoms. The van der Waals surface area contributed by atoms with Crippen molar-refractivity contribution in [1.82, 2.24) is 16.0 Å². The molecule has 0 aliphatic heterocycles. The Morgan fingerprint density at radius 2 is 1.54 bits per heavy atom. The molecule has 2 aromatic carbocycles. The van der Waals surface area contributed by atoms with Gasteiger partial charge in [-0.15, -0.1) is 0 Å². The molecule has 0 unspecified atom stereocenters. The molecule has 0 aliphatic rings. The second-order valence-electron chi connectivity index (χ2n) is 9.24. The Kier molecular flexibility index (Phi) is 13.6. The smallest absolute Gasteiger partial charge is 0.357 e. The number of amides is 2. The van der Waals surface area contributed by atoms with Gasteiger partial charge in [0.25, 0.3) is 0 Å². The molecular formula is C27H36F3N3O4S2. The van der Waals surface area contributed by atoms with Crippen molar-refractivity contribution in [3.8, 4) is 11.1 Å². The molecule has 216 valence electrons. The summed E-state index contributed by atoms with van der Waals surface area (Å²) in [6.07, 6.45) is -2.26. The highest BCUT2D eigenvalue weighted by Gasteiger charge is 2.43. The van der Waals surface area contributed by atoms with Gasteiger partial charge in [-0.1, -0.05) is 50.2 Å². The van der Waals surface area contributed by atoms with Gasteiger partial charge in [0.1, 0.15) is 12.1 Å². The molecule has 39 heavy (non-hydrogen) atoms. The normalized spacial score (nSPS) is 14.1. The van der Waals surface area contributed by atoms with Crippen LogP contribution in [0.1, 0.15) is 38.3 Å². The van der Waals surface area contributed by atoms with Crippen molar-refractivity contribution in [3.63, 3.8) is 0 Å². The summed E-state index contributed by atoms with van der Waals surface area (Å²) < 4.78 is 47.6. The summed E-state index contributed by atoms with van der Waals surface area (Å²) in [5.41, 5.74) is 1.55. The van der Waals surface area contributed by atoms with Gasteiger partial charge in [-0.25, -0.2) is 4.89 Å². The van der Waals surface area contributed by atoms with Crippen molar-refractivity contribution < 1.29 is 32.0 Å². The van der Waals surface area contributed by atoms with Crippen molar-refractivity contribution >= 4 is 35.6 Å². The minimum Gasteiger partial charge on any atom is -0.357 e. The largest absolute Gasteiger partial charge is 0.407 e. The average molecular weight is 588 g/mol. The van der Waals surface area contributed by atoms with E-state index in [2.05, 4.69) is 20.8 Å². The minimum atomic E-state index is -4.66. The topological polar surface area (TPSA) is 88.7 Å². The summed E-state index contributed by atoms with van der Waals surface area (Å²) >= 11 is 2.55. The van der Waals surface area contributed by atoms with E-state index < -0.39 is 30.2 Å². The third-order valence-electron chi connectivity index (χ3n) is 5.84. The monoisotopic (exact) mass is 587 g/mol. The molecule has 2 aromatic rings. The van der Waals surface area contributed by atoms with Crippen LogP contribution < -0.4 is 16.0 Å². The van der Waals surface area contributed by atoms with Crippen LogP contribution in [-0.4, -0.2) is 56.2 Å². The number of benzene rings is 2. The fraction of sp³-hybridized carbons (Fsp3) is 0.481. The van der Waals surface area contributed by atoms with Crippen LogP contribution in [0.4, 0.5) is 13.2 Å². The SMILES string of the molecule is CNC(=O)[C@H](CCSC)NC(=O)[C@H](CC(C)C)N[C@@H](c1ccc(-c2ccc(SOOC)cc2)cc1)C(F)(F)F. The number of alkyl halides is 3. The number of halogens is 3. The fourth-order valence-electron chi connectivity index (χ4n) is 3.90. The number of likely N-dealkylation sites (N-methyl/N-ethyl adjacent to an activating group) is 1. The Hall–Kier alpha value is -2.25. The number of hydrogen-bond acceptors (Lipinski definition) is 7. The van der Waals surface area contributed by atoms with E-state index in [0.717, 1.165) is 28.1 Å². The highest BCUT2D eigenvalue weighted by molar-refractivity contribution is 7.98. The zero-order valence-electron chi connectivity index (χ0n) is 22.6. The number of rotatable bonds is 15. The van der Waals surface area contributed by atoms with Crippen LogP contribution in [0, 0.1) is 5.92 Å². The van der Waals surface area contributed by atoms with Crippen LogP contribution >= 0.6 is 23.8 Å². The van der Waals surface area contributed by atoms with Crippen molar-refractivity contribution in [2.45, 2.75) is 55.9 Å². The maximum absolute atomic E-state index is 14.3. The Morgan fingerprint density at radius 3 is 2.03 bits per heavy atom. The Morgan fingerprint density at radius 1 is 0.949 bits per heavy atom. The number of carbonyl (C=O) groups excluding carboxylic acids is 2. The lowest BCUT2D eigenvalue weighted by Crippen LogP contribution is -2.54. The lowest BCUT2D eigenvalue weighted by Gasteiger charge is -2.29. The predicted octanol–water partition coefficient (Wildman–Crippen LogP) is 5.53. The van der Waals surface area contributed by atoms with Crippen LogP contribution in [0.3, 0.4) is 0 Å². The van der Waals surface area contributed by atoms with E-state index >= 15 is 0 Å². The van der Waals surface area contributed by atoms with Crippen LogP contribution in [0.5, 0.6) is 0 Å². The van der Waals surface area contributed by atoms with E-state index in [4.69, 9.17) is 4.33 Å². The predicted molar refractivity (Wildman–Crippen MR) is 150 cm³/mol. The third kappa shape index (κ3) is 10.7. The van der Waals surface area contributed by atoms with Crippen molar-refractivity contribution in [3.05, 3.63) is 54.1 Å². The van der Waals surface area contributed by atoms with Gasteiger partial charge in [-0.3, -0.25) is 14.9 Å². The van der Waals surface area contributed by atoms with Crippen LogP contribution in [0.2, 0.25) is 0 Å². The van der Waals surface area contributed by atoms with Crippen LogP contribution in [0.15, 0.2) is 53.4 Å². The number of hydrogen-bond donors (Lipinski definition) is 3. The molecular weight excluding hydrogens is 551 g/mol. The van der Waals surface area contributed by atoms with Crippen LogP contribution in [-0.2, 0) is 18.8 Å². The van der Waals surface area contributed by atoms with E-state index in [0.29, 0.717) is 12.2 Å². The maximum Gasteiger partial charge on any atom is 0.407 e. The lowest BCUT2D eigenvalue weighted by atomic mass is 9.97. The van der Waals surface area contributed by atoms with Crippen molar-refractivity contribution in [2.75, 3.05) is 26.2 Å². The van der Waals surface area contributed by atoms with Crippen molar-refractivity contribution in [2.24, 2.45) is 5.92 Å². The maximum atomic E-state index is 14.3. The first-order valence-corrected chi connectivity index (χ1v) is 14.5. The van der Waals surface area contributed by atoms with Gasteiger partial charge in [0.15, 0.2) is 0 Å². The molecule has 0 spiro atoms. The summed E-state index contributed by atoms with van der Waals surface area (Å²) in [6, 6.07) is 9.28. The summed E-state index contributed by atoms with van der Waals surface area (Å²) in [4.78, 5) is 30.8. The van der Waals surface area contributed by atoms with Gasteiger partial charge >= 0.3 is 6.18 Å². The third-order valence-corrected chi connectivity index (χ3v) is 7.15. The molecule has 0 aliphatic carbocycles. The summed E-state index contributed by atoms with van der Waals surface area (Å²) in [5.74, 6) is -0.480. The van der Waals surface area contributed by atoms with Gasteiger partial charge in [0.05, 0.1) is 25.2 Å². The minimum absolute atomic E-state index is 0.0151. The highest BCUT2D eigenvalue weighted by atomic mass is 32.2. The second-order valence-corrected chi connectivity index (χ2v) is 11.0. The van der Waals surface area contributed by atoms with E-state index in [1.54, 1.807) is 12.1 Å². The van der Waals surface area contributed by atoms with E-state index in [1.807, 2.05) is 44.4 Å². The second kappa shape index (κ2) is 16.1. The molecule has 3 N–H and O–H groups in total. The zero-order chi connectivity index (χ0) is 29.0. The molecule has 0 heterocycles. The number of carbonyl (C=O) groups is 2. The van der Waals surface area contributed by atoms with E-state index in [-0.39, 0.29) is 23.8 Å². The molecule has 0 saturated heterocycles. The fourth-order valence-corrected chi connectivity index (χ4v) is 4.76. The average Bonchev–Trinajstić information content (AvgIpc) is 2.91. The first kappa shape index (κ1) is 33.0. The summed E-state index contributed by atoms with van der Waals surface area (Å²) in [6.45, 7) is 3.66. The summed E-state index contributed by atoms with van der Waals surface area (Å²) in [7, 11) is 2.86. The quantitative estimate of drug-likeness (QED) is 0.143. The van der Waals surface area contributed by atoms with Gasteiger partial charge in [0.2, 0.25) is 11.8 Å². The zero-order valence-corrected chi connectivity index (χ0v) is 24.3. The Bertz CT molecular complexity index is 1040. The first-order valence-electron chi connectivity index (χ1n) is 12.4. The molecule has 2 amide bonds.